The first-order valence-electron chi connectivity index (χ1n) is 24.3. The number of halogens is 1. The topological polar surface area (TPSA) is 300 Å². The zero-order valence-corrected chi connectivity index (χ0v) is 46.1. The normalized spacial score (nSPS) is 19.4. The summed E-state index contributed by atoms with van der Waals surface area (Å²) >= 11 is 6.63. The Morgan fingerprint density at radius 3 is 2.09 bits per heavy atom. The minimum atomic E-state index is -5.04. The molecule has 7 rings (SSSR count). The Labute approximate surface area is 447 Å². The molecule has 1 fully saturated rings. The molecule has 410 valence electrons. The van der Waals surface area contributed by atoms with Crippen LogP contribution in [0.2, 0.25) is 0 Å². The van der Waals surface area contributed by atoms with E-state index in [4.69, 9.17) is 21.4 Å². The van der Waals surface area contributed by atoms with E-state index >= 15 is 0 Å². The third-order valence-electron chi connectivity index (χ3n) is 13.8. The van der Waals surface area contributed by atoms with E-state index in [1.807, 2.05) is 92.1 Å². The number of carbonyl (C=O) groups is 3. The number of rotatable bonds is 22. The summed E-state index contributed by atoms with van der Waals surface area (Å²) in [6.07, 6.45) is 13.4. The molecule has 0 saturated carbocycles. The first kappa shape index (κ1) is 58.1. The van der Waals surface area contributed by atoms with Crippen molar-refractivity contribution in [1.82, 2.24) is 9.96 Å². The van der Waals surface area contributed by atoms with Gasteiger partial charge in [-0.05, 0) is 103 Å². The molecule has 20 nitrogen and oxygen atoms in total. The quantitative estimate of drug-likeness (QED) is 0.0323. The standard InChI is InChI=1S/C51H59ClN4O16S4/c1-50(2)40-29-36(52)32-54(24-7-9-26-73(60,61)62)49(40)53-43(50)20-16-34(35-14-11-13-33(28-35)12-5-6-15-47(59)72-56-45(57)22-23-46(56)58)17-21-44-51(3,4)48-39-30-37(75(66,67)68)31-42(76(69,70)71)38(39)18-19-41(48)55(44)25-8-10-27-74(63,64)65/h11,13-14,16-21,28-32,44H,5-10,12,15,22-27H2,1-4H3,(H,60,61,62)(H,63,64,65)(H,66,67,68)(H,69,70,71). The fraction of sp³-hybridized carbons (Fsp3) is 0.412. The Morgan fingerprint density at radius 2 is 1.46 bits per heavy atom. The van der Waals surface area contributed by atoms with E-state index in [9.17, 15) is 66.3 Å². The Balaban J connectivity index is 1.29. The fourth-order valence-electron chi connectivity index (χ4n) is 9.99. The van der Waals surface area contributed by atoms with Gasteiger partial charge in [-0.15, -0.1) is 5.06 Å². The third-order valence-corrected chi connectivity index (χ3v) is 17.3. The summed E-state index contributed by atoms with van der Waals surface area (Å²) in [6.45, 7) is 8.24. The lowest BCUT2D eigenvalue weighted by molar-refractivity contribution is -0.197. The van der Waals surface area contributed by atoms with Crippen molar-refractivity contribution in [3.05, 3.63) is 118 Å². The number of unbranched alkanes of at least 4 members (excludes halogenated alkanes) is 3. The molecule has 0 aromatic heterocycles. The van der Waals surface area contributed by atoms with Gasteiger partial charge in [-0.3, -0.25) is 27.8 Å². The maximum atomic E-state index is 12.8. The van der Waals surface area contributed by atoms with Gasteiger partial charge in [0.2, 0.25) is 0 Å². The van der Waals surface area contributed by atoms with Crippen LogP contribution in [0.5, 0.6) is 0 Å². The van der Waals surface area contributed by atoms with E-state index < -0.39 is 96.4 Å². The summed E-state index contributed by atoms with van der Waals surface area (Å²) < 4.78 is 136. The largest absolute Gasteiger partial charge is 0.364 e. The van der Waals surface area contributed by atoms with Gasteiger partial charge in [-0.25, -0.2) is 9.79 Å². The maximum Gasteiger partial charge on any atom is 0.333 e. The van der Waals surface area contributed by atoms with E-state index in [2.05, 4.69) is 0 Å². The highest BCUT2D eigenvalue weighted by Gasteiger charge is 2.45. The third kappa shape index (κ3) is 13.6. The second-order valence-electron chi connectivity index (χ2n) is 20.1. The van der Waals surface area contributed by atoms with Gasteiger partial charge in [0.05, 0.1) is 33.2 Å². The van der Waals surface area contributed by atoms with Crippen molar-refractivity contribution in [2.75, 3.05) is 29.5 Å². The number of aryl methyl sites for hydroxylation is 1. The SMILES string of the molecule is CC1(C)C(=CC=C(C=CC2N(CCCCS(=O)(=O)O)c3ccc4c(S(=O)(=O)O)cc(S(=O)(=O)O)cc4c3C2(C)C)c2cccc(CCCCC(=O)ON3C(=O)CCC3=O)c2)N=C2C1=CC(Cl)=CN2CCCCS(=O)(=O)O. The van der Waals surface area contributed by atoms with Gasteiger partial charge >= 0.3 is 5.97 Å². The molecule has 1 atom stereocenters. The predicted molar refractivity (Wildman–Crippen MR) is 285 cm³/mol. The van der Waals surface area contributed by atoms with Gasteiger partial charge in [0.15, 0.2) is 0 Å². The average Bonchev–Trinajstić information content (AvgIpc) is 3.86. The number of imide groups is 1. The van der Waals surface area contributed by atoms with Crippen LogP contribution in [0.4, 0.5) is 5.69 Å². The molecule has 2 amide bonds. The highest BCUT2D eigenvalue weighted by atomic mass is 35.5. The second kappa shape index (κ2) is 22.4. The van der Waals surface area contributed by atoms with Gasteiger partial charge in [0.25, 0.3) is 52.3 Å². The Bertz CT molecular complexity index is 3510. The number of anilines is 1. The number of fused-ring (bicyclic) bond motifs is 4. The predicted octanol–water partition coefficient (Wildman–Crippen LogP) is 7.74. The number of amidine groups is 1. The minimum Gasteiger partial charge on any atom is -0.364 e. The monoisotopic (exact) mass is 1150 g/mol. The van der Waals surface area contributed by atoms with Gasteiger partial charge in [-0.2, -0.15) is 33.7 Å². The molecule has 1 saturated heterocycles. The molecule has 3 aromatic carbocycles. The molecule has 25 heteroatoms. The zero-order chi connectivity index (χ0) is 55.8. The number of hydrogen-bond donors (Lipinski definition) is 4. The molecule has 1 unspecified atom stereocenters. The molecule has 4 aliphatic heterocycles. The number of hydroxylamine groups is 2. The van der Waals surface area contributed by atoms with Crippen molar-refractivity contribution in [1.29, 1.82) is 0 Å². The highest BCUT2D eigenvalue weighted by Crippen LogP contribution is 2.51. The fourth-order valence-corrected chi connectivity index (χ4v) is 12.7. The summed E-state index contributed by atoms with van der Waals surface area (Å²) in [5, 5.41) is 1.05. The van der Waals surface area contributed by atoms with Crippen LogP contribution in [0, 0.1) is 5.41 Å². The minimum absolute atomic E-state index is 0.0139. The van der Waals surface area contributed by atoms with Gasteiger partial charge in [0, 0.05) is 66.0 Å². The molecule has 4 aliphatic rings. The van der Waals surface area contributed by atoms with Crippen LogP contribution in [0.1, 0.15) is 102 Å². The van der Waals surface area contributed by atoms with E-state index in [1.165, 1.54) is 6.07 Å². The number of benzene rings is 3. The Morgan fingerprint density at radius 1 is 0.803 bits per heavy atom. The van der Waals surface area contributed by atoms with Crippen molar-refractivity contribution >= 4 is 97.7 Å². The van der Waals surface area contributed by atoms with Gasteiger partial charge in [0.1, 0.15) is 10.7 Å². The van der Waals surface area contributed by atoms with Crippen molar-refractivity contribution < 1.29 is 71.1 Å². The number of hydrogen-bond acceptors (Lipinski definition) is 15. The van der Waals surface area contributed by atoms with Crippen molar-refractivity contribution in [2.24, 2.45) is 10.4 Å². The first-order chi connectivity index (χ1) is 35.3. The van der Waals surface area contributed by atoms with E-state index in [0.29, 0.717) is 76.7 Å². The van der Waals surface area contributed by atoms with Gasteiger partial charge in [-0.1, -0.05) is 87.9 Å². The van der Waals surface area contributed by atoms with Crippen molar-refractivity contribution in [2.45, 2.75) is 113 Å². The molecular weight excluding hydrogens is 1090 g/mol. The van der Waals surface area contributed by atoms with Crippen LogP contribution >= 0.6 is 11.6 Å². The molecule has 76 heavy (non-hydrogen) atoms. The Kier molecular flexibility index (Phi) is 17.1. The summed E-state index contributed by atoms with van der Waals surface area (Å²) in [5.41, 5.74) is 3.06. The van der Waals surface area contributed by atoms with Crippen LogP contribution in [0.25, 0.3) is 16.3 Å². The number of allylic oxidation sites excluding steroid dienone is 7. The summed E-state index contributed by atoms with van der Waals surface area (Å²) in [7, 11) is -18.5. The van der Waals surface area contributed by atoms with Crippen LogP contribution in [0.3, 0.4) is 0 Å². The molecule has 4 heterocycles. The highest BCUT2D eigenvalue weighted by molar-refractivity contribution is 7.87. The Hall–Kier alpha value is -5.57. The average molecular weight is 1150 g/mol. The van der Waals surface area contributed by atoms with Crippen molar-refractivity contribution in [3.63, 3.8) is 0 Å². The van der Waals surface area contributed by atoms with Crippen molar-refractivity contribution in [3.8, 4) is 0 Å². The number of carbonyl (C=O) groups excluding carboxylic acids is 3. The van der Waals surface area contributed by atoms with Crippen LogP contribution in [0.15, 0.2) is 116 Å². The summed E-state index contributed by atoms with van der Waals surface area (Å²) in [4.78, 5) is 48.8. The molecule has 3 aromatic rings. The van der Waals surface area contributed by atoms with E-state index in [1.54, 1.807) is 12.3 Å². The van der Waals surface area contributed by atoms with E-state index in [0.717, 1.165) is 22.8 Å². The zero-order valence-electron chi connectivity index (χ0n) is 42.0. The molecular formula is C51H59ClN4O16S4. The van der Waals surface area contributed by atoms with Gasteiger partial charge < -0.3 is 14.6 Å². The first-order valence-corrected chi connectivity index (χ1v) is 30.8. The smallest absolute Gasteiger partial charge is 0.333 e. The number of aliphatic imine (C=N–C) groups is 1. The molecule has 0 aliphatic carbocycles. The van der Waals surface area contributed by atoms with Crippen LogP contribution in [-0.4, -0.2) is 116 Å². The number of amides is 2. The number of nitrogens with zero attached hydrogens (tertiary/aromatic N) is 4. The van der Waals surface area contributed by atoms with Crippen LogP contribution < -0.4 is 4.90 Å². The summed E-state index contributed by atoms with van der Waals surface area (Å²) in [5.74, 6) is -2.15. The molecule has 4 N–H and O–H groups in total. The lowest BCUT2D eigenvalue weighted by Gasteiger charge is -2.33. The summed E-state index contributed by atoms with van der Waals surface area (Å²) in [6, 6.07) is 11.9. The lowest BCUT2D eigenvalue weighted by Crippen LogP contribution is -2.40. The lowest BCUT2D eigenvalue weighted by atomic mass is 9.78. The molecule has 0 radical (unpaired) electrons. The molecule has 0 bridgehead atoms. The van der Waals surface area contributed by atoms with E-state index in [-0.39, 0.29) is 55.8 Å². The maximum absolute atomic E-state index is 12.8. The second-order valence-corrected chi connectivity index (χ2v) is 26.5. The molecule has 0 spiro atoms. The van der Waals surface area contributed by atoms with Crippen LogP contribution in [-0.2, 0) is 71.5 Å².